The molecule has 1 heterocycles. The van der Waals surface area contributed by atoms with E-state index in [1.165, 1.54) is 0 Å². The van der Waals surface area contributed by atoms with Crippen molar-refractivity contribution in [1.29, 1.82) is 0 Å². The first-order valence-electron chi connectivity index (χ1n) is 6.48. The smallest absolute Gasteiger partial charge is 0.260 e. The van der Waals surface area contributed by atoms with Gasteiger partial charge in [0.05, 0.1) is 11.1 Å². The molecule has 0 aliphatic carbocycles. The number of hydrogen-bond acceptors (Lipinski definition) is 3. The van der Waals surface area contributed by atoms with Crippen molar-refractivity contribution in [2.24, 2.45) is 0 Å². The van der Waals surface area contributed by atoms with Crippen LogP contribution in [0, 0.1) is 0 Å². The van der Waals surface area contributed by atoms with Crippen molar-refractivity contribution in [3.63, 3.8) is 0 Å². The number of hydrogen-bond donors (Lipinski definition) is 0. The maximum absolute atomic E-state index is 12.0. The first-order valence-corrected chi connectivity index (χ1v) is 7.24. The van der Waals surface area contributed by atoms with E-state index in [0.29, 0.717) is 28.9 Å². The van der Waals surface area contributed by atoms with E-state index in [0.717, 1.165) is 12.8 Å². The van der Waals surface area contributed by atoms with Gasteiger partial charge in [-0.1, -0.05) is 23.2 Å². The number of carbonyl (C=O) groups is 1. The molecule has 6 heteroatoms. The molecule has 1 amide bonds. The second-order valence-electron chi connectivity index (χ2n) is 4.68. The van der Waals surface area contributed by atoms with Gasteiger partial charge in [0.15, 0.2) is 6.61 Å². The standard InChI is InChI=1S/C14H17Cl2NO3/c1-19-11-4-6-17(7-5-11)14(18)9-20-13-3-2-10(15)8-12(13)16/h2-3,8,11H,4-7,9H2,1H3. The number of benzene rings is 1. The Balaban J connectivity index is 1.83. The minimum Gasteiger partial charge on any atom is -0.482 e. The van der Waals surface area contributed by atoms with E-state index >= 15 is 0 Å². The van der Waals surface area contributed by atoms with Crippen molar-refractivity contribution in [1.82, 2.24) is 4.90 Å². The Morgan fingerprint density at radius 2 is 2.05 bits per heavy atom. The highest BCUT2D eigenvalue weighted by Crippen LogP contribution is 2.27. The highest BCUT2D eigenvalue weighted by Gasteiger charge is 2.22. The summed E-state index contributed by atoms with van der Waals surface area (Å²) < 4.78 is 10.7. The molecule has 0 radical (unpaired) electrons. The van der Waals surface area contributed by atoms with Gasteiger partial charge < -0.3 is 14.4 Å². The van der Waals surface area contributed by atoms with Gasteiger partial charge in [-0.3, -0.25) is 4.79 Å². The van der Waals surface area contributed by atoms with Crippen LogP contribution >= 0.6 is 23.2 Å². The molecule has 0 N–H and O–H groups in total. The molecular formula is C14H17Cl2NO3. The summed E-state index contributed by atoms with van der Waals surface area (Å²) in [6.07, 6.45) is 1.99. The largest absolute Gasteiger partial charge is 0.482 e. The zero-order valence-electron chi connectivity index (χ0n) is 11.3. The number of carbonyl (C=O) groups excluding carboxylic acids is 1. The van der Waals surface area contributed by atoms with Crippen LogP contribution in [0.2, 0.25) is 10.0 Å². The van der Waals surface area contributed by atoms with Gasteiger partial charge in [0.2, 0.25) is 0 Å². The number of likely N-dealkylation sites (tertiary alicyclic amines) is 1. The van der Waals surface area contributed by atoms with Gasteiger partial charge in [0.25, 0.3) is 5.91 Å². The Morgan fingerprint density at radius 3 is 2.65 bits per heavy atom. The van der Waals surface area contributed by atoms with Crippen molar-refractivity contribution in [3.05, 3.63) is 28.2 Å². The van der Waals surface area contributed by atoms with Crippen LogP contribution in [0.15, 0.2) is 18.2 Å². The average Bonchev–Trinajstić information content (AvgIpc) is 2.46. The zero-order valence-corrected chi connectivity index (χ0v) is 12.8. The number of piperidine rings is 1. The van der Waals surface area contributed by atoms with Gasteiger partial charge in [-0.15, -0.1) is 0 Å². The Labute approximate surface area is 128 Å². The van der Waals surface area contributed by atoms with Crippen molar-refractivity contribution in [2.45, 2.75) is 18.9 Å². The molecular weight excluding hydrogens is 301 g/mol. The van der Waals surface area contributed by atoms with Crippen LogP contribution in [0.25, 0.3) is 0 Å². The third-order valence-electron chi connectivity index (χ3n) is 3.37. The summed E-state index contributed by atoms with van der Waals surface area (Å²) in [4.78, 5) is 13.8. The number of nitrogens with zero attached hydrogens (tertiary/aromatic N) is 1. The van der Waals surface area contributed by atoms with E-state index in [-0.39, 0.29) is 18.6 Å². The fourth-order valence-corrected chi connectivity index (χ4v) is 2.63. The van der Waals surface area contributed by atoms with E-state index in [9.17, 15) is 4.79 Å². The normalized spacial score (nSPS) is 16.2. The Hall–Kier alpha value is -0.970. The maximum atomic E-state index is 12.0. The van der Waals surface area contributed by atoms with Crippen molar-refractivity contribution >= 4 is 29.1 Å². The van der Waals surface area contributed by atoms with Crippen LogP contribution < -0.4 is 4.74 Å². The first kappa shape index (κ1) is 15.4. The molecule has 0 atom stereocenters. The van der Waals surface area contributed by atoms with E-state index in [1.807, 2.05) is 0 Å². The number of amides is 1. The summed E-state index contributed by atoms with van der Waals surface area (Å²) >= 11 is 11.8. The summed E-state index contributed by atoms with van der Waals surface area (Å²) in [6, 6.07) is 4.93. The number of ether oxygens (including phenoxy) is 2. The van der Waals surface area contributed by atoms with E-state index < -0.39 is 0 Å². The maximum Gasteiger partial charge on any atom is 0.260 e. The first-order chi connectivity index (χ1) is 9.60. The SMILES string of the molecule is COC1CCN(C(=O)COc2ccc(Cl)cc2Cl)CC1. The van der Waals surface area contributed by atoms with Crippen LogP contribution in [0.1, 0.15) is 12.8 Å². The van der Waals surface area contributed by atoms with Crippen LogP contribution in [-0.4, -0.2) is 43.7 Å². The lowest BCUT2D eigenvalue weighted by Gasteiger charge is -2.31. The predicted octanol–water partition coefficient (Wildman–Crippen LogP) is 3.01. The molecule has 0 unspecified atom stereocenters. The number of methoxy groups -OCH3 is 1. The summed E-state index contributed by atoms with van der Waals surface area (Å²) in [5, 5.41) is 0.943. The third-order valence-corrected chi connectivity index (χ3v) is 3.90. The van der Waals surface area contributed by atoms with Crippen molar-refractivity contribution < 1.29 is 14.3 Å². The zero-order chi connectivity index (χ0) is 14.5. The van der Waals surface area contributed by atoms with E-state index in [2.05, 4.69) is 0 Å². The van der Waals surface area contributed by atoms with Gasteiger partial charge in [-0.25, -0.2) is 0 Å². The van der Waals surface area contributed by atoms with Gasteiger partial charge in [-0.2, -0.15) is 0 Å². The minimum atomic E-state index is -0.0365. The Bertz CT molecular complexity index is 473. The molecule has 0 aromatic heterocycles. The van der Waals surface area contributed by atoms with Crippen molar-refractivity contribution in [3.8, 4) is 5.75 Å². The highest BCUT2D eigenvalue weighted by atomic mass is 35.5. The molecule has 1 aromatic rings. The molecule has 20 heavy (non-hydrogen) atoms. The van der Waals surface area contributed by atoms with Crippen molar-refractivity contribution in [2.75, 3.05) is 26.8 Å². The fourth-order valence-electron chi connectivity index (χ4n) is 2.16. The Morgan fingerprint density at radius 1 is 1.35 bits per heavy atom. The van der Waals surface area contributed by atoms with Crippen LogP contribution in [0.5, 0.6) is 5.75 Å². The minimum absolute atomic E-state index is 0.0149. The monoisotopic (exact) mass is 317 g/mol. The van der Waals surface area contributed by atoms with Gasteiger partial charge >= 0.3 is 0 Å². The van der Waals surface area contributed by atoms with Crippen LogP contribution in [0.3, 0.4) is 0 Å². The highest BCUT2D eigenvalue weighted by molar-refractivity contribution is 6.35. The molecule has 110 valence electrons. The van der Waals surface area contributed by atoms with E-state index in [4.69, 9.17) is 32.7 Å². The lowest BCUT2D eigenvalue weighted by Crippen LogP contribution is -2.42. The molecule has 1 aromatic carbocycles. The quantitative estimate of drug-likeness (QED) is 0.857. The lowest BCUT2D eigenvalue weighted by atomic mass is 10.1. The second-order valence-corrected chi connectivity index (χ2v) is 5.52. The molecule has 0 saturated carbocycles. The van der Waals surface area contributed by atoms with Crippen LogP contribution in [-0.2, 0) is 9.53 Å². The summed E-state index contributed by atoms with van der Waals surface area (Å²) in [7, 11) is 1.70. The van der Waals surface area contributed by atoms with Gasteiger partial charge in [-0.05, 0) is 31.0 Å². The molecule has 1 aliphatic heterocycles. The molecule has 1 aliphatic rings. The predicted molar refractivity (Wildman–Crippen MR) is 78.6 cm³/mol. The third kappa shape index (κ3) is 4.01. The summed E-state index contributed by atoms with van der Waals surface area (Å²) in [6.45, 7) is 1.39. The topological polar surface area (TPSA) is 38.8 Å². The average molecular weight is 318 g/mol. The van der Waals surface area contributed by atoms with Gasteiger partial charge in [0, 0.05) is 25.2 Å². The fraction of sp³-hybridized carbons (Fsp3) is 0.500. The number of rotatable bonds is 4. The molecule has 0 spiro atoms. The number of halogens is 2. The summed E-state index contributed by atoms with van der Waals surface area (Å²) in [5.74, 6) is 0.432. The van der Waals surface area contributed by atoms with E-state index in [1.54, 1.807) is 30.2 Å². The molecule has 4 nitrogen and oxygen atoms in total. The molecule has 2 rings (SSSR count). The van der Waals surface area contributed by atoms with Crippen LogP contribution in [0.4, 0.5) is 0 Å². The molecule has 0 bridgehead atoms. The molecule has 1 saturated heterocycles. The lowest BCUT2D eigenvalue weighted by molar-refractivity contribution is -0.135. The van der Waals surface area contributed by atoms with Gasteiger partial charge in [0.1, 0.15) is 5.75 Å². The molecule has 1 fully saturated rings. The second kappa shape index (κ2) is 7.16. The Kier molecular flexibility index (Phi) is 5.52. The summed E-state index contributed by atoms with van der Waals surface area (Å²) in [5.41, 5.74) is 0.